The van der Waals surface area contributed by atoms with E-state index < -0.39 is 6.04 Å². The van der Waals surface area contributed by atoms with Crippen molar-refractivity contribution in [1.29, 1.82) is 0 Å². The van der Waals surface area contributed by atoms with E-state index in [9.17, 15) is 4.79 Å². The summed E-state index contributed by atoms with van der Waals surface area (Å²) in [5.74, 6) is 0.458. The monoisotopic (exact) mass is 281 g/mol. The molecule has 0 heterocycles. The molecule has 21 heavy (non-hydrogen) atoms. The number of azide groups is 1. The third kappa shape index (κ3) is 3.41. The summed E-state index contributed by atoms with van der Waals surface area (Å²) in [6.45, 7) is 1.95. The molecule has 0 aliphatic heterocycles. The normalized spacial score (nSPS) is 11.3. The molecule has 0 aromatic heterocycles. The van der Waals surface area contributed by atoms with Gasteiger partial charge in [0, 0.05) is 10.5 Å². The van der Waals surface area contributed by atoms with Gasteiger partial charge in [0.15, 0.2) is 5.78 Å². The van der Waals surface area contributed by atoms with Gasteiger partial charge in [0.1, 0.15) is 11.8 Å². The summed E-state index contributed by atoms with van der Waals surface area (Å²) in [5, 5.41) is 3.64. The number of methoxy groups -OCH3 is 1. The molecule has 1 unspecified atom stereocenters. The highest BCUT2D eigenvalue weighted by atomic mass is 16.5. The Morgan fingerprint density at radius 2 is 1.76 bits per heavy atom. The molecule has 0 fully saturated rings. The second-order valence-electron chi connectivity index (χ2n) is 4.61. The van der Waals surface area contributed by atoms with Crippen LogP contribution in [0, 0.1) is 6.92 Å². The smallest absolute Gasteiger partial charge is 0.176 e. The van der Waals surface area contributed by atoms with Gasteiger partial charge >= 0.3 is 0 Å². The highest BCUT2D eigenvalue weighted by Gasteiger charge is 2.20. The predicted molar refractivity (Wildman–Crippen MR) is 80.4 cm³/mol. The fourth-order valence-corrected chi connectivity index (χ4v) is 1.98. The lowest BCUT2D eigenvalue weighted by Gasteiger charge is -2.11. The Balaban J connectivity index is 2.35. The van der Waals surface area contributed by atoms with Crippen LogP contribution in [-0.2, 0) is 0 Å². The van der Waals surface area contributed by atoms with Crippen molar-refractivity contribution in [3.8, 4) is 5.75 Å². The summed E-state index contributed by atoms with van der Waals surface area (Å²) >= 11 is 0. The molecular weight excluding hydrogens is 266 g/mol. The highest BCUT2D eigenvalue weighted by molar-refractivity contribution is 6.00. The minimum absolute atomic E-state index is 0.224. The molecule has 0 amide bonds. The second kappa shape index (κ2) is 6.59. The molecule has 1 atom stereocenters. The maximum atomic E-state index is 12.5. The Bertz CT molecular complexity index is 672. The van der Waals surface area contributed by atoms with Crippen molar-refractivity contribution in [1.82, 2.24) is 0 Å². The van der Waals surface area contributed by atoms with Crippen molar-refractivity contribution in [2.45, 2.75) is 13.0 Å². The first-order valence-electron chi connectivity index (χ1n) is 6.44. The van der Waals surface area contributed by atoms with E-state index in [1.807, 2.05) is 19.1 Å². The predicted octanol–water partition coefficient (Wildman–Crippen LogP) is 4.24. The van der Waals surface area contributed by atoms with Crippen molar-refractivity contribution in [3.63, 3.8) is 0 Å². The van der Waals surface area contributed by atoms with Gasteiger partial charge in [-0.2, -0.15) is 0 Å². The summed E-state index contributed by atoms with van der Waals surface area (Å²) in [5.41, 5.74) is 10.9. The molecule has 0 spiro atoms. The van der Waals surface area contributed by atoms with Gasteiger partial charge in [-0.3, -0.25) is 4.79 Å². The van der Waals surface area contributed by atoms with Crippen LogP contribution < -0.4 is 4.74 Å². The van der Waals surface area contributed by atoms with Crippen molar-refractivity contribution < 1.29 is 9.53 Å². The van der Waals surface area contributed by atoms with Crippen LogP contribution in [0.15, 0.2) is 53.6 Å². The third-order valence-electron chi connectivity index (χ3n) is 3.18. The summed E-state index contributed by atoms with van der Waals surface area (Å²) < 4.78 is 5.08. The minimum Gasteiger partial charge on any atom is -0.497 e. The summed E-state index contributed by atoms with van der Waals surface area (Å²) in [6, 6.07) is 13.2. The van der Waals surface area contributed by atoms with Crippen molar-refractivity contribution in [2.24, 2.45) is 5.11 Å². The summed E-state index contributed by atoms with van der Waals surface area (Å²) in [6.07, 6.45) is 0. The maximum Gasteiger partial charge on any atom is 0.176 e. The number of aryl methyl sites for hydroxylation is 1. The Hall–Kier alpha value is -2.78. The average molecular weight is 281 g/mol. The quantitative estimate of drug-likeness (QED) is 0.356. The first-order valence-corrected chi connectivity index (χ1v) is 6.44. The van der Waals surface area contributed by atoms with Crippen molar-refractivity contribution in [3.05, 3.63) is 75.7 Å². The van der Waals surface area contributed by atoms with E-state index in [1.165, 1.54) is 0 Å². The zero-order valence-corrected chi connectivity index (χ0v) is 11.9. The molecule has 0 aliphatic carbocycles. The highest BCUT2D eigenvalue weighted by Crippen LogP contribution is 2.25. The van der Waals surface area contributed by atoms with Gasteiger partial charge in [-0.25, -0.2) is 0 Å². The number of hydrogen-bond acceptors (Lipinski definition) is 3. The van der Waals surface area contributed by atoms with Gasteiger partial charge in [0.2, 0.25) is 0 Å². The average Bonchev–Trinajstić information content (AvgIpc) is 2.53. The standard InChI is InChI=1S/C16H15N3O2/c1-11-3-5-13(6-4-11)16(20)15(18-19-17)12-7-9-14(21-2)10-8-12/h3-10,15H,1-2H3. The van der Waals surface area contributed by atoms with Crippen LogP contribution in [0.2, 0.25) is 0 Å². The Morgan fingerprint density at radius 1 is 1.14 bits per heavy atom. The van der Waals surface area contributed by atoms with Gasteiger partial charge < -0.3 is 4.74 Å². The molecule has 0 radical (unpaired) electrons. The van der Waals surface area contributed by atoms with Crippen LogP contribution in [0.5, 0.6) is 5.75 Å². The van der Waals surface area contributed by atoms with E-state index in [-0.39, 0.29) is 5.78 Å². The Morgan fingerprint density at radius 3 is 2.29 bits per heavy atom. The van der Waals surface area contributed by atoms with E-state index in [1.54, 1.807) is 43.5 Å². The van der Waals surface area contributed by atoms with Gasteiger partial charge in [-0.05, 0) is 30.2 Å². The number of benzene rings is 2. The van der Waals surface area contributed by atoms with Crippen LogP contribution in [-0.4, -0.2) is 12.9 Å². The molecular formula is C16H15N3O2. The molecule has 0 saturated heterocycles. The number of rotatable bonds is 5. The van der Waals surface area contributed by atoms with Crippen molar-refractivity contribution in [2.75, 3.05) is 7.11 Å². The molecule has 2 aromatic carbocycles. The van der Waals surface area contributed by atoms with Crippen LogP contribution in [0.25, 0.3) is 10.4 Å². The minimum atomic E-state index is -0.872. The van der Waals surface area contributed by atoms with Crippen LogP contribution in [0.1, 0.15) is 27.5 Å². The molecule has 0 N–H and O–H groups in total. The lowest BCUT2D eigenvalue weighted by Crippen LogP contribution is -2.10. The molecule has 5 heteroatoms. The van der Waals surface area contributed by atoms with Gasteiger partial charge in [-0.1, -0.05) is 47.1 Å². The Labute approximate surface area is 122 Å². The van der Waals surface area contributed by atoms with E-state index in [0.717, 1.165) is 5.56 Å². The van der Waals surface area contributed by atoms with Crippen molar-refractivity contribution >= 4 is 5.78 Å². The maximum absolute atomic E-state index is 12.5. The lowest BCUT2D eigenvalue weighted by molar-refractivity contribution is 0.0961. The number of nitrogens with zero attached hydrogens (tertiary/aromatic N) is 3. The van der Waals surface area contributed by atoms with Gasteiger partial charge in [0.25, 0.3) is 0 Å². The molecule has 2 rings (SSSR count). The molecule has 0 bridgehead atoms. The largest absolute Gasteiger partial charge is 0.497 e. The first-order chi connectivity index (χ1) is 10.2. The topological polar surface area (TPSA) is 75.1 Å². The zero-order valence-electron chi connectivity index (χ0n) is 11.9. The number of hydrogen-bond donors (Lipinski definition) is 0. The number of carbonyl (C=O) groups is 1. The number of ether oxygens (including phenoxy) is 1. The Kier molecular flexibility index (Phi) is 4.59. The van der Waals surface area contributed by atoms with E-state index >= 15 is 0 Å². The third-order valence-corrected chi connectivity index (χ3v) is 3.18. The number of Topliss-reactive ketones (excluding diaryl/α,β-unsaturated/α-hetero) is 1. The second-order valence-corrected chi connectivity index (χ2v) is 4.61. The fourth-order valence-electron chi connectivity index (χ4n) is 1.98. The molecule has 2 aromatic rings. The first kappa shape index (κ1) is 14.6. The van der Waals surface area contributed by atoms with E-state index in [0.29, 0.717) is 16.9 Å². The molecule has 0 aliphatic rings. The number of carbonyl (C=O) groups excluding carboxylic acids is 1. The summed E-state index contributed by atoms with van der Waals surface area (Å²) in [7, 11) is 1.57. The fraction of sp³-hybridized carbons (Fsp3) is 0.188. The lowest BCUT2D eigenvalue weighted by atomic mass is 9.97. The van der Waals surface area contributed by atoms with Crippen LogP contribution >= 0.6 is 0 Å². The van der Waals surface area contributed by atoms with E-state index in [2.05, 4.69) is 10.0 Å². The van der Waals surface area contributed by atoms with Gasteiger partial charge in [0.05, 0.1) is 7.11 Å². The molecule has 0 saturated carbocycles. The SMILES string of the molecule is COc1ccc(C(N=[N+]=[N-])C(=O)c2ccc(C)cc2)cc1. The number of ketones is 1. The van der Waals surface area contributed by atoms with Gasteiger partial charge in [-0.15, -0.1) is 0 Å². The zero-order chi connectivity index (χ0) is 15.2. The van der Waals surface area contributed by atoms with Crippen LogP contribution in [0.3, 0.4) is 0 Å². The van der Waals surface area contributed by atoms with Crippen LogP contribution in [0.4, 0.5) is 0 Å². The molecule has 106 valence electrons. The van der Waals surface area contributed by atoms with E-state index in [4.69, 9.17) is 10.3 Å². The summed E-state index contributed by atoms with van der Waals surface area (Å²) in [4.78, 5) is 15.3. The molecule has 5 nitrogen and oxygen atoms in total.